The summed E-state index contributed by atoms with van der Waals surface area (Å²) in [6, 6.07) is 0.717. The molecular formula is C13H11F5N4O. The molecule has 1 aromatic carbocycles. The number of carbonyl (C=O) groups excluding carboxylic acids is 1. The second kappa shape index (κ2) is 5.44. The van der Waals surface area contributed by atoms with Crippen molar-refractivity contribution in [1.82, 2.24) is 15.3 Å². The quantitative estimate of drug-likeness (QED) is 0.738. The molecule has 0 radical (unpaired) electrons. The maximum Gasteiger partial charge on any atom is 0.393 e. The van der Waals surface area contributed by atoms with E-state index in [0.717, 1.165) is 12.1 Å². The zero-order valence-corrected chi connectivity index (χ0v) is 11.5. The Morgan fingerprint density at radius 3 is 2.61 bits per heavy atom. The largest absolute Gasteiger partial charge is 0.393 e. The number of rotatable bonds is 2. The number of H-pyrrole nitrogens is 1. The molecule has 1 aromatic heterocycles. The minimum atomic E-state index is -4.36. The van der Waals surface area contributed by atoms with E-state index in [2.05, 4.69) is 20.6 Å². The monoisotopic (exact) mass is 334 g/mol. The lowest BCUT2D eigenvalue weighted by atomic mass is 10.1. The van der Waals surface area contributed by atoms with Crippen LogP contribution in [-0.4, -0.2) is 34.6 Å². The van der Waals surface area contributed by atoms with Gasteiger partial charge in [0.1, 0.15) is 0 Å². The Morgan fingerprint density at radius 2 is 1.96 bits per heavy atom. The number of aromatic amines is 1. The summed E-state index contributed by atoms with van der Waals surface area (Å²) in [5, 5.41) is 4.80. The zero-order valence-electron chi connectivity index (χ0n) is 11.5. The molecule has 0 bridgehead atoms. The van der Waals surface area contributed by atoms with Gasteiger partial charge in [-0.1, -0.05) is 0 Å². The van der Waals surface area contributed by atoms with Crippen molar-refractivity contribution in [2.24, 2.45) is 5.92 Å². The Bertz CT molecular complexity index is 718. The maximum absolute atomic E-state index is 13.1. The van der Waals surface area contributed by atoms with Gasteiger partial charge < -0.3 is 10.3 Å². The van der Waals surface area contributed by atoms with Gasteiger partial charge in [-0.25, -0.2) is 13.8 Å². The van der Waals surface area contributed by atoms with Gasteiger partial charge in [0.25, 0.3) is 0 Å². The Labute approximate surface area is 126 Å². The van der Waals surface area contributed by atoms with Crippen molar-refractivity contribution in [1.29, 1.82) is 0 Å². The van der Waals surface area contributed by atoms with Crippen LogP contribution in [0.5, 0.6) is 0 Å². The Kier molecular flexibility index (Phi) is 3.71. The van der Waals surface area contributed by atoms with Gasteiger partial charge in [-0.05, 0) is 6.42 Å². The topological polar surface area (TPSA) is 69.8 Å². The van der Waals surface area contributed by atoms with Crippen LogP contribution in [0.15, 0.2) is 12.1 Å². The number of halogens is 5. The molecule has 2 heterocycles. The van der Waals surface area contributed by atoms with Gasteiger partial charge in [-0.2, -0.15) is 13.2 Å². The number of fused-ring (bicyclic) bond motifs is 1. The van der Waals surface area contributed by atoms with Crippen LogP contribution in [0, 0.1) is 17.6 Å². The lowest BCUT2D eigenvalue weighted by Gasteiger charge is -2.13. The molecule has 1 saturated heterocycles. The first-order valence-electron chi connectivity index (χ1n) is 6.70. The van der Waals surface area contributed by atoms with E-state index >= 15 is 0 Å². The number of carbonyl (C=O) groups is 1. The smallest absolute Gasteiger partial charge is 0.324 e. The van der Waals surface area contributed by atoms with E-state index in [1.807, 2.05) is 0 Å². The fourth-order valence-corrected chi connectivity index (χ4v) is 2.45. The van der Waals surface area contributed by atoms with Crippen LogP contribution in [0.4, 0.5) is 27.9 Å². The molecule has 0 aliphatic carbocycles. The normalized spacial score (nSPS) is 21.8. The summed E-state index contributed by atoms with van der Waals surface area (Å²) < 4.78 is 63.9. The number of benzene rings is 1. The standard InChI is InChI=1S/C13H11F5N4O/c14-6-2-8-9(3-7(6)15)21-12(20-8)22-11(23)10-1-5(4-19-10)13(16,17)18/h2-3,5,10,19H,1,4H2,(H2,20,21,22,23). The summed E-state index contributed by atoms with van der Waals surface area (Å²) >= 11 is 0. The van der Waals surface area contributed by atoms with Crippen molar-refractivity contribution in [3.63, 3.8) is 0 Å². The molecule has 1 aliphatic heterocycles. The summed E-state index contributed by atoms with van der Waals surface area (Å²) in [6.45, 7) is -0.335. The van der Waals surface area contributed by atoms with Gasteiger partial charge in [-0.3, -0.25) is 10.1 Å². The molecule has 0 spiro atoms. The number of alkyl halides is 3. The number of nitrogens with zero attached hydrogens (tertiary/aromatic N) is 1. The van der Waals surface area contributed by atoms with Crippen molar-refractivity contribution in [2.75, 3.05) is 11.9 Å². The number of hydrogen-bond acceptors (Lipinski definition) is 3. The predicted octanol–water partition coefficient (Wildman–Crippen LogP) is 2.32. The second-order valence-electron chi connectivity index (χ2n) is 5.29. The Balaban J connectivity index is 1.71. The molecule has 1 fully saturated rings. The van der Waals surface area contributed by atoms with Gasteiger partial charge in [0.2, 0.25) is 11.9 Å². The zero-order chi connectivity index (χ0) is 16.8. The predicted molar refractivity (Wildman–Crippen MR) is 70.6 cm³/mol. The van der Waals surface area contributed by atoms with Crippen LogP contribution < -0.4 is 10.6 Å². The molecule has 23 heavy (non-hydrogen) atoms. The van der Waals surface area contributed by atoms with E-state index in [1.165, 1.54) is 0 Å². The van der Waals surface area contributed by atoms with E-state index in [4.69, 9.17) is 0 Å². The number of amides is 1. The van der Waals surface area contributed by atoms with Gasteiger partial charge in [0.05, 0.1) is 23.0 Å². The number of nitrogens with one attached hydrogen (secondary N) is 3. The number of imidazole rings is 1. The van der Waals surface area contributed by atoms with Gasteiger partial charge >= 0.3 is 6.18 Å². The molecule has 5 nitrogen and oxygen atoms in total. The third kappa shape index (κ3) is 3.11. The lowest BCUT2D eigenvalue weighted by molar-refractivity contribution is -0.169. The SMILES string of the molecule is O=C(Nc1nc2cc(F)c(F)cc2[nH]1)C1CC(C(F)(F)F)CN1. The fraction of sp³-hybridized carbons (Fsp3) is 0.385. The highest BCUT2D eigenvalue weighted by atomic mass is 19.4. The van der Waals surface area contributed by atoms with Crippen LogP contribution in [0.1, 0.15) is 6.42 Å². The van der Waals surface area contributed by atoms with Crippen LogP contribution >= 0.6 is 0 Å². The van der Waals surface area contributed by atoms with E-state index in [0.29, 0.717) is 0 Å². The molecule has 0 saturated carbocycles. The molecule has 124 valence electrons. The molecule has 1 aliphatic rings. The minimum Gasteiger partial charge on any atom is -0.324 e. The van der Waals surface area contributed by atoms with Crippen LogP contribution in [0.25, 0.3) is 11.0 Å². The average Bonchev–Trinajstić information content (AvgIpc) is 3.05. The van der Waals surface area contributed by atoms with Crippen LogP contribution in [0.3, 0.4) is 0 Å². The third-order valence-electron chi connectivity index (χ3n) is 3.68. The first-order chi connectivity index (χ1) is 10.7. The van der Waals surface area contributed by atoms with Crippen molar-refractivity contribution in [3.05, 3.63) is 23.8 Å². The van der Waals surface area contributed by atoms with E-state index in [9.17, 15) is 26.7 Å². The Morgan fingerprint density at radius 1 is 1.26 bits per heavy atom. The highest BCUT2D eigenvalue weighted by Crippen LogP contribution is 2.32. The third-order valence-corrected chi connectivity index (χ3v) is 3.68. The van der Waals surface area contributed by atoms with Crippen molar-refractivity contribution in [2.45, 2.75) is 18.6 Å². The minimum absolute atomic E-state index is 0.0896. The summed E-state index contributed by atoms with van der Waals surface area (Å²) in [4.78, 5) is 18.4. The first kappa shape index (κ1) is 15.7. The molecule has 1 amide bonds. The van der Waals surface area contributed by atoms with Crippen molar-refractivity contribution >= 4 is 22.9 Å². The van der Waals surface area contributed by atoms with E-state index in [1.54, 1.807) is 0 Å². The fourth-order valence-electron chi connectivity index (χ4n) is 2.45. The molecule has 3 rings (SSSR count). The summed E-state index contributed by atoms with van der Waals surface area (Å²) in [5.41, 5.74) is 0.249. The average molecular weight is 334 g/mol. The first-order valence-corrected chi connectivity index (χ1v) is 6.70. The van der Waals surface area contributed by atoms with E-state index in [-0.39, 0.29) is 29.9 Å². The number of aromatic nitrogens is 2. The highest BCUT2D eigenvalue weighted by molar-refractivity contribution is 5.95. The van der Waals surface area contributed by atoms with Gasteiger partial charge in [0, 0.05) is 18.7 Å². The number of anilines is 1. The van der Waals surface area contributed by atoms with Crippen LogP contribution in [0.2, 0.25) is 0 Å². The molecule has 2 atom stereocenters. The molecular weight excluding hydrogens is 323 g/mol. The second-order valence-corrected chi connectivity index (χ2v) is 5.29. The van der Waals surface area contributed by atoms with E-state index < -0.39 is 35.7 Å². The molecule has 2 unspecified atom stereocenters. The molecule has 2 aromatic rings. The van der Waals surface area contributed by atoms with Gasteiger partial charge in [0.15, 0.2) is 11.6 Å². The summed E-state index contributed by atoms with van der Waals surface area (Å²) in [5.74, 6) is -4.54. The maximum atomic E-state index is 13.1. The number of hydrogen-bond donors (Lipinski definition) is 3. The van der Waals surface area contributed by atoms with Crippen molar-refractivity contribution in [3.8, 4) is 0 Å². The lowest BCUT2D eigenvalue weighted by Crippen LogP contribution is -2.35. The van der Waals surface area contributed by atoms with Gasteiger partial charge in [-0.15, -0.1) is 0 Å². The highest BCUT2D eigenvalue weighted by Gasteiger charge is 2.45. The van der Waals surface area contributed by atoms with Crippen molar-refractivity contribution < 1.29 is 26.7 Å². The summed E-state index contributed by atoms with van der Waals surface area (Å²) in [6.07, 6.45) is -4.74. The molecule has 10 heteroatoms. The molecule has 3 N–H and O–H groups in total. The Hall–Kier alpha value is -2.23. The summed E-state index contributed by atoms with van der Waals surface area (Å²) in [7, 11) is 0. The van der Waals surface area contributed by atoms with Crippen LogP contribution in [-0.2, 0) is 4.79 Å².